The van der Waals surface area contributed by atoms with Crippen LogP contribution < -0.4 is 9.47 Å². The largest absolute Gasteiger partial charge is 0.493 e. The number of rotatable bonds is 3. The zero-order chi connectivity index (χ0) is 19.2. The van der Waals surface area contributed by atoms with Crippen LogP contribution in [0.15, 0.2) is 18.2 Å². The quantitative estimate of drug-likeness (QED) is 0.817. The number of hydrogen-bond acceptors (Lipinski definition) is 4. The summed E-state index contributed by atoms with van der Waals surface area (Å²) in [6.45, 7) is 1.11. The number of carbonyl (C=O) groups excluding carboxylic acids is 2. The molecule has 26 heavy (non-hydrogen) atoms. The molecular weight excluding hydrogens is 336 g/mol. The zero-order valence-electron chi connectivity index (χ0n) is 16.1. The van der Waals surface area contributed by atoms with Crippen LogP contribution in [-0.2, 0) is 5.66 Å². The first kappa shape index (κ1) is 18.2. The van der Waals surface area contributed by atoms with E-state index in [1.54, 1.807) is 62.0 Å². The van der Waals surface area contributed by atoms with Gasteiger partial charge in [-0.3, -0.25) is 9.80 Å². The van der Waals surface area contributed by atoms with E-state index in [9.17, 15) is 9.59 Å². The van der Waals surface area contributed by atoms with E-state index in [2.05, 4.69) is 0 Å². The third-order valence-corrected chi connectivity index (χ3v) is 5.62. The molecule has 0 atom stereocenters. The molecule has 2 aliphatic rings. The van der Waals surface area contributed by atoms with E-state index in [0.29, 0.717) is 24.6 Å². The van der Waals surface area contributed by atoms with Crippen molar-refractivity contribution in [3.05, 3.63) is 23.8 Å². The van der Waals surface area contributed by atoms with Gasteiger partial charge in [0.1, 0.15) is 0 Å². The molecule has 4 amide bonds. The lowest BCUT2D eigenvalue weighted by atomic mass is 9.79. The van der Waals surface area contributed by atoms with E-state index in [1.165, 1.54) is 0 Å². The predicted octanol–water partition coefficient (Wildman–Crippen LogP) is 1.47. The SMILES string of the molecule is COc1ccc(C23C(CN(C)C(=O)N2C)CN(C)C(=O)N3C)cc1OC. The molecule has 0 N–H and O–H groups in total. The maximum atomic E-state index is 12.8. The van der Waals surface area contributed by atoms with Gasteiger partial charge < -0.3 is 19.3 Å². The van der Waals surface area contributed by atoms with E-state index in [1.807, 2.05) is 18.2 Å². The number of benzene rings is 1. The van der Waals surface area contributed by atoms with Crippen molar-refractivity contribution in [2.45, 2.75) is 5.66 Å². The fourth-order valence-electron chi connectivity index (χ4n) is 4.39. The van der Waals surface area contributed by atoms with Crippen LogP contribution in [0.4, 0.5) is 9.59 Å². The minimum Gasteiger partial charge on any atom is -0.493 e. The summed E-state index contributed by atoms with van der Waals surface area (Å²) in [4.78, 5) is 32.3. The molecule has 3 rings (SSSR count). The van der Waals surface area contributed by atoms with Crippen molar-refractivity contribution in [2.75, 3.05) is 55.5 Å². The minimum atomic E-state index is -0.882. The first-order valence-electron chi connectivity index (χ1n) is 8.49. The molecular formula is C18H26N4O4. The standard InChI is InChI=1S/C18H26N4O4/c1-19-10-13-11-20(2)17(24)22(4)18(13,21(3)16(19)23)12-7-8-14(25-5)15(9-12)26-6/h7-9,13H,10-11H2,1-6H3. The molecule has 1 aromatic rings. The minimum absolute atomic E-state index is 0.0148. The number of nitrogens with zero attached hydrogens (tertiary/aromatic N) is 4. The predicted molar refractivity (Wildman–Crippen MR) is 96.3 cm³/mol. The van der Waals surface area contributed by atoms with Crippen molar-refractivity contribution in [3.63, 3.8) is 0 Å². The van der Waals surface area contributed by atoms with Gasteiger partial charge in [0.05, 0.1) is 14.2 Å². The molecule has 2 fully saturated rings. The lowest BCUT2D eigenvalue weighted by Crippen LogP contribution is -2.75. The smallest absolute Gasteiger partial charge is 0.321 e. The van der Waals surface area contributed by atoms with Gasteiger partial charge in [0.15, 0.2) is 17.2 Å². The Morgan fingerprint density at radius 2 is 1.38 bits per heavy atom. The van der Waals surface area contributed by atoms with E-state index in [4.69, 9.17) is 9.47 Å². The monoisotopic (exact) mass is 362 g/mol. The van der Waals surface area contributed by atoms with Gasteiger partial charge >= 0.3 is 12.1 Å². The van der Waals surface area contributed by atoms with Gasteiger partial charge in [0, 0.05) is 52.8 Å². The molecule has 8 heteroatoms. The summed E-state index contributed by atoms with van der Waals surface area (Å²) in [7, 11) is 10.2. The van der Waals surface area contributed by atoms with Crippen molar-refractivity contribution in [1.82, 2.24) is 19.6 Å². The third-order valence-electron chi connectivity index (χ3n) is 5.62. The molecule has 0 saturated carbocycles. The Labute approximate surface area is 153 Å². The molecule has 2 heterocycles. The average molecular weight is 362 g/mol. The number of ether oxygens (including phenoxy) is 2. The van der Waals surface area contributed by atoms with Crippen molar-refractivity contribution < 1.29 is 19.1 Å². The average Bonchev–Trinajstić information content (AvgIpc) is 2.64. The summed E-state index contributed by atoms with van der Waals surface area (Å²) in [5.74, 6) is 1.19. The van der Waals surface area contributed by atoms with Crippen molar-refractivity contribution >= 4 is 12.1 Å². The lowest BCUT2D eigenvalue weighted by molar-refractivity contribution is -0.102. The highest BCUT2D eigenvalue weighted by molar-refractivity contribution is 5.81. The van der Waals surface area contributed by atoms with Crippen LogP contribution in [0.1, 0.15) is 5.56 Å². The number of carbonyl (C=O) groups is 2. The highest BCUT2D eigenvalue weighted by atomic mass is 16.5. The summed E-state index contributed by atoms with van der Waals surface area (Å²) in [5.41, 5.74) is -0.0553. The molecule has 0 bridgehead atoms. The van der Waals surface area contributed by atoms with Crippen LogP contribution in [0, 0.1) is 5.92 Å². The molecule has 0 aliphatic carbocycles. The summed E-state index contributed by atoms with van der Waals surface area (Å²) >= 11 is 0. The first-order chi connectivity index (χ1) is 12.3. The normalized spacial score (nSPS) is 26.2. The van der Waals surface area contributed by atoms with Gasteiger partial charge in [-0.15, -0.1) is 0 Å². The molecule has 2 aliphatic heterocycles. The van der Waals surface area contributed by atoms with Crippen LogP contribution >= 0.6 is 0 Å². The molecule has 1 aromatic carbocycles. The fraction of sp³-hybridized carbons (Fsp3) is 0.556. The zero-order valence-corrected chi connectivity index (χ0v) is 16.1. The van der Waals surface area contributed by atoms with Gasteiger partial charge in [0.2, 0.25) is 0 Å². The number of fused-ring (bicyclic) bond motifs is 1. The van der Waals surface area contributed by atoms with Gasteiger partial charge in [0.25, 0.3) is 0 Å². The van der Waals surface area contributed by atoms with Crippen LogP contribution in [0.2, 0.25) is 0 Å². The van der Waals surface area contributed by atoms with Gasteiger partial charge in [-0.25, -0.2) is 9.59 Å². The Bertz CT molecular complexity index is 708. The molecule has 2 saturated heterocycles. The van der Waals surface area contributed by atoms with Crippen LogP contribution in [-0.4, -0.2) is 87.2 Å². The molecule has 8 nitrogen and oxygen atoms in total. The molecule has 0 spiro atoms. The topological polar surface area (TPSA) is 65.6 Å². The summed E-state index contributed by atoms with van der Waals surface area (Å²) in [6.07, 6.45) is 0. The third kappa shape index (κ3) is 2.28. The maximum Gasteiger partial charge on any atom is 0.321 e. The van der Waals surface area contributed by atoms with E-state index < -0.39 is 5.66 Å². The number of amides is 4. The molecule has 0 unspecified atom stereocenters. The Kier molecular flexibility index (Phi) is 4.37. The Hall–Kier alpha value is -2.64. The lowest BCUT2D eigenvalue weighted by Gasteiger charge is -2.60. The first-order valence-corrected chi connectivity index (χ1v) is 8.49. The summed E-state index contributed by atoms with van der Waals surface area (Å²) < 4.78 is 10.8. The molecule has 0 radical (unpaired) electrons. The van der Waals surface area contributed by atoms with Crippen molar-refractivity contribution in [2.24, 2.45) is 5.92 Å². The van der Waals surface area contributed by atoms with Crippen LogP contribution in [0.5, 0.6) is 11.5 Å². The van der Waals surface area contributed by atoms with Crippen LogP contribution in [0.3, 0.4) is 0 Å². The second-order valence-corrected chi connectivity index (χ2v) is 6.94. The van der Waals surface area contributed by atoms with Gasteiger partial charge in [-0.2, -0.15) is 0 Å². The van der Waals surface area contributed by atoms with E-state index in [-0.39, 0.29) is 18.0 Å². The number of urea groups is 2. The Balaban J connectivity index is 2.23. The van der Waals surface area contributed by atoms with E-state index in [0.717, 1.165) is 5.56 Å². The summed E-state index contributed by atoms with van der Waals surface area (Å²) in [5, 5.41) is 0. The van der Waals surface area contributed by atoms with Crippen molar-refractivity contribution in [3.8, 4) is 11.5 Å². The Morgan fingerprint density at radius 1 is 0.885 bits per heavy atom. The number of hydrogen-bond donors (Lipinski definition) is 0. The highest BCUT2D eigenvalue weighted by Crippen LogP contribution is 2.46. The molecule has 142 valence electrons. The van der Waals surface area contributed by atoms with Gasteiger partial charge in [-0.05, 0) is 12.1 Å². The van der Waals surface area contributed by atoms with Gasteiger partial charge in [-0.1, -0.05) is 6.07 Å². The molecule has 0 aromatic heterocycles. The van der Waals surface area contributed by atoms with E-state index >= 15 is 0 Å². The highest BCUT2D eigenvalue weighted by Gasteiger charge is 2.58. The maximum absolute atomic E-state index is 12.8. The Morgan fingerprint density at radius 3 is 1.85 bits per heavy atom. The summed E-state index contributed by atoms with van der Waals surface area (Å²) in [6, 6.07) is 5.32. The second-order valence-electron chi connectivity index (χ2n) is 6.94. The van der Waals surface area contributed by atoms with Crippen LogP contribution in [0.25, 0.3) is 0 Å². The second kappa shape index (κ2) is 6.26. The number of methoxy groups -OCH3 is 2. The fourth-order valence-corrected chi connectivity index (χ4v) is 4.39. The van der Waals surface area contributed by atoms with Crippen molar-refractivity contribution in [1.29, 1.82) is 0 Å².